The van der Waals surface area contributed by atoms with E-state index in [0.29, 0.717) is 0 Å². The third-order valence-corrected chi connectivity index (χ3v) is 3.53. The van der Waals surface area contributed by atoms with Crippen molar-refractivity contribution in [1.82, 2.24) is 0 Å². The predicted octanol–water partition coefficient (Wildman–Crippen LogP) is 3.61. The Morgan fingerprint density at radius 3 is 2.29 bits per heavy atom. The predicted molar refractivity (Wildman–Crippen MR) is 66.2 cm³/mol. The molecule has 3 heteroatoms. The van der Waals surface area contributed by atoms with Crippen LogP contribution in [0.2, 0.25) is 0 Å². The molecule has 1 aromatic rings. The van der Waals surface area contributed by atoms with Gasteiger partial charge in [-0.3, -0.25) is 0 Å². The largest absolute Gasteiger partial charge is 0.563 e. The van der Waals surface area contributed by atoms with Crippen LogP contribution in [0.3, 0.4) is 0 Å². The maximum absolute atomic E-state index is 5.31. The maximum Gasteiger partial charge on any atom is 0.0629 e. The summed E-state index contributed by atoms with van der Waals surface area (Å²) in [6.45, 7) is 10.5. The van der Waals surface area contributed by atoms with E-state index in [2.05, 4.69) is 51.0 Å². The molecule has 0 N–H and O–H groups in total. The third-order valence-electron chi connectivity index (χ3n) is 3.53. The molecule has 0 unspecified atom stereocenters. The molecule has 1 aliphatic heterocycles. The first-order chi connectivity index (χ1) is 7.43. The average Bonchev–Trinajstić information content (AvgIpc) is 2.47. The molecule has 2 nitrogen and oxygen atoms in total. The number of aryl methyl sites for hydroxylation is 2. The Kier molecular flexibility index (Phi) is 4.14. The molecule has 0 fully saturated rings. The number of nitrogens with zero attached hydrogens (tertiary/aromatic N) is 1. The van der Waals surface area contributed by atoms with E-state index in [9.17, 15) is 0 Å². The Morgan fingerprint density at radius 1 is 1.18 bits per heavy atom. The van der Waals surface area contributed by atoms with Crippen molar-refractivity contribution in [3.63, 3.8) is 0 Å². The Morgan fingerprint density at radius 2 is 1.82 bits per heavy atom. The van der Waals surface area contributed by atoms with Crippen LogP contribution in [0.5, 0.6) is 0 Å². The van der Waals surface area contributed by atoms with Crippen LogP contribution in [-0.2, 0) is 24.3 Å². The fraction of sp³-hybridized carbons (Fsp3) is 0.429. The van der Waals surface area contributed by atoms with Gasteiger partial charge in [-0.25, -0.2) is 0 Å². The second-order valence-corrected chi connectivity index (χ2v) is 5.01. The molecule has 1 heterocycles. The summed E-state index contributed by atoms with van der Waals surface area (Å²) < 4.78 is 0. The zero-order chi connectivity index (χ0) is 11.9. The molecule has 0 aromatic heterocycles. The average molecular weight is 319 g/mol. The summed E-state index contributed by atoms with van der Waals surface area (Å²) >= 11 is 0. The Bertz CT molecular complexity index is 452. The number of oxime groups is 1. The quantitative estimate of drug-likeness (QED) is 0.572. The van der Waals surface area contributed by atoms with Crippen LogP contribution in [0.1, 0.15) is 37.5 Å². The smallest absolute Gasteiger partial charge is 0.0629 e. The van der Waals surface area contributed by atoms with Gasteiger partial charge in [0.05, 0.1) is 5.71 Å². The van der Waals surface area contributed by atoms with Crippen LogP contribution >= 0.6 is 0 Å². The van der Waals surface area contributed by atoms with Gasteiger partial charge < -0.3 is 4.84 Å². The molecule has 0 saturated heterocycles. The summed E-state index contributed by atoms with van der Waals surface area (Å²) in [5.74, 6) is 0. The molecule has 1 radical (unpaired) electrons. The molecule has 2 rings (SSSR count). The van der Waals surface area contributed by atoms with Crippen molar-refractivity contribution >= 4 is 5.71 Å². The van der Waals surface area contributed by atoms with Crippen LogP contribution in [0.15, 0.2) is 23.4 Å². The molecule has 17 heavy (non-hydrogen) atoms. The number of benzene rings is 1. The molecule has 1 aliphatic rings. The number of hydrogen-bond donors (Lipinski definition) is 0. The van der Waals surface area contributed by atoms with Crippen molar-refractivity contribution in [2.45, 2.75) is 34.6 Å². The molecule has 0 amide bonds. The van der Waals surface area contributed by atoms with E-state index >= 15 is 0 Å². The first-order valence-corrected chi connectivity index (χ1v) is 5.60. The van der Waals surface area contributed by atoms with E-state index < -0.39 is 0 Å². The summed E-state index contributed by atoms with van der Waals surface area (Å²) in [6, 6.07) is 6.43. The molecule has 0 spiro atoms. The molecule has 95 valence electrons. The molecule has 0 aliphatic carbocycles. The molecule has 0 saturated carbocycles. The van der Waals surface area contributed by atoms with E-state index in [1.165, 1.54) is 11.1 Å². The van der Waals surface area contributed by atoms with Gasteiger partial charge in [-0.1, -0.05) is 31.4 Å². The minimum atomic E-state index is -0.0955. The Labute approximate surface area is 116 Å². The van der Waals surface area contributed by atoms with Gasteiger partial charge in [0, 0.05) is 19.5 Å². The summed E-state index contributed by atoms with van der Waals surface area (Å²) in [4.78, 5) is 5.31. The Balaban J connectivity index is 0.00000144. The summed E-state index contributed by atoms with van der Waals surface area (Å²) in [5, 5.41) is 4.19. The molecule has 0 bridgehead atoms. The molecule has 1 aromatic carbocycles. The van der Waals surface area contributed by atoms with Crippen LogP contribution in [0.4, 0.5) is 0 Å². The Hall–Kier alpha value is -0.687. The molecular formula is C14H18NORh-. The van der Waals surface area contributed by atoms with E-state index in [0.717, 1.165) is 17.4 Å². The topological polar surface area (TPSA) is 21.6 Å². The number of rotatable bonds is 1. The number of hydrogen-bond acceptors (Lipinski definition) is 2. The molecule has 0 atom stereocenters. The monoisotopic (exact) mass is 319 g/mol. The first kappa shape index (κ1) is 14.4. The zero-order valence-corrected chi connectivity index (χ0v) is 12.6. The fourth-order valence-corrected chi connectivity index (χ4v) is 1.81. The molecular weight excluding hydrogens is 301 g/mol. The second-order valence-electron chi connectivity index (χ2n) is 5.01. The van der Waals surface area contributed by atoms with E-state index in [1.54, 1.807) is 0 Å². The van der Waals surface area contributed by atoms with Gasteiger partial charge in [0.25, 0.3) is 0 Å². The second kappa shape index (κ2) is 4.90. The van der Waals surface area contributed by atoms with Gasteiger partial charge in [0.1, 0.15) is 0 Å². The summed E-state index contributed by atoms with van der Waals surface area (Å²) in [7, 11) is 0. The van der Waals surface area contributed by atoms with Crippen molar-refractivity contribution < 1.29 is 24.3 Å². The van der Waals surface area contributed by atoms with Gasteiger partial charge >= 0.3 is 0 Å². The zero-order valence-electron chi connectivity index (χ0n) is 10.9. The van der Waals surface area contributed by atoms with Gasteiger partial charge in [0.15, 0.2) is 0 Å². The van der Waals surface area contributed by atoms with Crippen molar-refractivity contribution in [3.05, 3.63) is 41.0 Å². The van der Waals surface area contributed by atoms with Crippen LogP contribution in [0, 0.1) is 25.4 Å². The standard InChI is InChI=1S/C14H18NO.Rh/c1-9-6-7-12(8-10(9)2)13-14(4,5)11(3)16-15-13;/h6-8H,1-5H3;/q-1;. The third kappa shape index (κ3) is 2.45. The summed E-state index contributed by atoms with van der Waals surface area (Å²) in [6.07, 6.45) is 0.959. The maximum atomic E-state index is 5.31. The van der Waals surface area contributed by atoms with Gasteiger partial charge in [0.2, 0.25) is 0 Å². The van der Waals surface area contributed by atoms with Gasteiger partial charge in [-0.05, 0) is 36.6 Å². The van der Waals surface area contributed by atoms with Crippen LogP contribution in [-0.4, -0.2) is 5.71 Å². The normalized spacial score (nSPS) is 18.3. The van der Waals surface area contributed by atoms with Crippen molar-refractivity contribution in [1.29, 1.82) is 0 Å². The van der Waals surface area contributed by atoms with Crippen LogP contribution in [0.25, 0.3) is 0 Å². The van der Waals surface area contributed by atoms with E-state index in [4.69, 9.17) is 4.84 Å². The van der Waals surface area contributed by atoms with Gasteiger partial charge in [-0.15, -0.1) is 11.3 Å². The van der Waals surface area contributed by atoms with E-state index in [1.807, 2.05) is 6.92 Å². The van der Waals surface area contributed by atoms with Crippen LogP contribution < -0.4 is 0 Å². The fourth-order valence-electron chi connectivity index (χ4n) is 1.81. The minimum Gasteiger partial charge on any atom is -0.563 e. The minimum absolute atomic E-state index is 0. The SMILES string of the molecule is Cc1ccc(C2=NO[C-](C)C2(C)C)cc1C.[Rh]. The van der Waals surface area contributed by atoms with Crippen molar-refractivity contribution in [2.75, 3.05) is 0 Å². The summed E-state index contributed by atoms with van der Waals surface area (Å²) in [5.41, 5.74) is 4.68. The first-order valence-electron chi connectivity index (χ1n) is 5.60. The van der Waals surface area contributed by atoms with E-state index in [-0.39, 0.29) is 24.9 Å². The van der Waals surface area contributed by atoms with Crippen molar-refractivity contribution in [3.8, 4) is 0 Å². The van der Waals surface area contributed by atoms with Crippen molar-refractivity contribution in [2.24, 2.45) is 10.6 Å². The van der Waals surface area contributed by atoms with Gasteiger partial charge in [-0.2, -0.15) is 6.92 Å².